The zero-order chi connectivity index (χ0) is 20.6. The molecular formula is C18H22F3N3O3. The molecule has 1 amide bonds. The molecule has 1 rings (SSSR count). The summed E-state index contributed by atoms with van der Waals surface area (Å²) < 4.78 is 49.5. The average Bonchev–Trinajstić information content (AvgIpc) is 2.60. The molecule has 1 aromatic rings. The molecule has 0 saturated carbocycles. The van der Waals surface area contributed by atoms with Gasteiger partial charge in [0, 0.05) is 12.6 Å². The van der Waals surface area contributed by atoms with E-state index in [-0.39, 0.29) is 18.3 Å². The quantitative estimate of drug-likeness (QED) is 0.323. The fourth-order valence-electron chi connectivity index (χ4n) is 2.09. The summed E-state index contributed by atoms with van der Waals surface area (Å²) in [6.07, 6.45) is -4.00. The van der Waals surface area contributed by atoms with Crippen molar-refractivity contribution in [2.75, 3.05) is 26.1 Å². The van der Waals surface area contributed by atoms with E-state index in [1.54, 1.807) is 19.1 Å². The lowest BCUT2D eigenvalue weighted by molar-refractivity contribution is -0.0916. The van der Waals surface area contributed by atoms with Crippen LogP contribution in [0.4, 0.5) is 18.9 Å². The van der Waals surface area contributed by atoms with E-state index in [0.29, 0.717) is 23.1 Å². The van der Waals surface area contributed by atoms with Gasteiger partial charge >= 0.3 is 6.18 Å². The largest absolute Gasteiger partial charge is 0.495 e. The number of methoxy groups -OCH3 is 1. The summed E-state index contributed by atoms with van der Waals surface area (Å²) in [5, 5.41) is 5.33. The van der Waals surface area contributed by atoms with Gasteiger partial charge in [0.2, 0.25) is 5.88 Å². The van der Waals surface area contributed by atoms with Gasteiger partial charge in [-0.2, -0.15) is 13.2 Å². The Balaban J connectivity index is 3.25. The van der Waals surface area contributed by atoms with E-state index < -0.39 is 17.6 Å². The van der Waals surface area contributed by atoms with Crippen LogP contribution in [0.15, 0.2) is 47.3 Å². The number of benzene rings is 1. The number of aliphatic imine (C=N–C) groups is 1. The molecule has 2 N–H and O–H groups in total. The van der Waals surface area contributed by atoms with Gasteiger partial charge in [0.1, 0.15) is 17.2 Å². The number of alkyl halides is 3. The Morgan fingerprint density at radius 1 is 1.37 bits per heavy atom. The van der Waals surface area contributed by atoms with Gasteiger partial charge in [-0.1, -0.05) is 12.7 Å². The van der Waals surface area contributed by atoms with Crippen LogP contribution in [0.25, 0.3) is 0 Å². The van der Waals surface area contributed by atoms with E-state index in [0.717, 1.165) is 0 Å². The minimum Gasteiger partial charge on any atom is -0.495 e. The van der Waals surface area contributed by atoms with Crippen LogP contribution in [0.5, 0.6) is 5.75 Å². The highest BCUT2D eigenvalue weighted by Gasteiger charge is 2.35. The fraction of sp³-hybridized carbons (Fsp3) is 0.333. The number of amides is 1. The van der Waals surface area contributed by atoms with E-state index in [9.17, 15) is 18.0 Å². The molecule has 27 heavy (non-hydrogen) atoms. The summed E-state index contributed by atoms with van der Waals surface area (Å²) >= 11 is 0. The number of nitrogens with zero attached hydrogens (tertiary/aromatic N) is 1. The summed E-state index contributed by atoms with van der Waals surface area (Å²) in [5.41, 5.74) is -0.280. The number of halogens is 3. The Bertz CT molecular complexity index is 756. The first-order valence-corrected chi connectivity index (χ1v) is 7.97. The molecule has 0 aromatic heterocycles. The Morgan fingerprint density at radius 2 is 2.04 bits per heavy atom. The summed E-state index contributed by atoms with van der Waals surface area (Å²) in [7, 11) is 2.91. The Labute approximate surface area is 155 Å². The van der Waals surface area contributed by atoms with Gasteiger partial charge in [0.05, 0.1) is 19.4 Å². The average molecular weight is 385 g/mol. The minimum absolute atomic E-state index is 0.00365. The molecule has 1 aromatic carbocycles. The zero-order valence-electron chi connectivity index (χ0n) is 15.5. The van der Waals surface area contributed by atoms with E-state index in [1.165, 1.54) is 27.1 Å². The number of rotatable bonds is 7. The third kappa shape index (κ3) is 6.05. The second-order valence-electron chi connectivity index (χ2n) is 5.17. The molecule has 0 unspecified atom stereocenters. The molecule has 0 aliphatic carbocycles. The number of ether oxygens (including phenoxy) is 2. The number of carbonyl (C=O) groups excluding carboxylic acids is 1. The van der Waals surface area contributed by atoms with Crippen molar-refractivity contribution in [1.29, 1.82) is 0 Å². The summed E-state index contributed by atoms with van der Waals surface area (Å²) in [6, 6.07) is 4.60. The van der Waals surface area contributed by atoms with Gasteiger partial charge < -0.3 is 20.1 Å². The molecule has 0 aliphatic rings. The first-order chi connectivity index (χ1) is 12.7. The molecule has 9 heteroatoms. The summed E-state index contributed by atoms with van der Waals surface area (Å²) in [6.45, 7) is 6.21. The number of hydrogen-bond acceptors (Lipinski definition) is 4. The van der Waals surface area contributed by atoms with Gasteiger partial charge in [-0.05, 0) is 32.0 Å². The first-order valence-electron chi connectivity index (χ1n) is 7.97. The van der Waals surface area contributed by atoms with Crippen LogP contribution in [-0.2, 0) is 4.74 Å². The maximum Gasteiger partial charge on any atom is 0.421 e. The van der Waals surface area contributed by atoms with Crippen LogP contribution in [0.3, 0.4) is 0 Å². The predicted octanol–water partition coefficient (Wildman–Crippen LogP) is 3.88. The van der Waals surface area contributed by atoms with Gasteiger partial charge in [-0.3, -0.25) is 4.79 Å². The van der Waals surface area contributed by atoms with Crippen molar-refractivity contribution in [3.63, 3.8) is 0 Å². The van der Waals surface area contributed by atoms with Crippen LogP contribution >= 0.6 is 0 Å². The lowest BCUT2D eigenvalue weighted by Crippen LogP contribution is -2.18. The van der Waals surface area contributed by atoms with E-state index in [4.69, 9.17) is 9.47 Å². The summed E-state index contributed by atoms with van der Waals surface area (Å²) in [4.78, 5) is 15.6. The monoisotopic (exact) mass is 385 g/mol. The Kier molecular flexibility index (Phi) is 7.89. The number of carbonyl (C=O) groups is 1. The van der Waals surface area contributed by atoms with Gasteiger partial charge in [-0.15, -0.1) is 0 Å². The van der Waals surface area contributed by atoms with Crippen LogP contribution in [-0.4, -0.2) is 38.7 Å². The van der Waals surface area contributed by atoms with Gasteiger partial charge in [0.15, 0.2) is 0 Å². The normalized spacial score (nSPS) is 12.8. The highest BCUT2D eigenvalue weighted by molar-refractivity contribution is 5.98. The number of amidine groups is 1. The Morgan fingerprint density at radius 3 is 2.52 bits per heavy atom. The molecule has 0 fully saturated rings. The van der Waals surface area contributed by atoms with Crippen molar-refractivity contribution in [3.8, 4) is 5.75 Å². The van der Waals surface area contributed by atoms with Crippen LogP contribution in [0, 0.1) is 0 Å². The third-order valence-corrected chi connectivity index (χ3v) is 3.30. The third-order valence-electron chi connectivity index (χ3n) is 3.30. The van der Waals surface area contributed by atoms with Crippen molar-refractivity contribution in [2.24, 2.45) is 4.99 Å². The standard InChI is InChI=1S/C18H22F3N3O3/c1-6-13(18(19,20)21)17(27-7-2)24-11(3)23-14-9-8-12(16(25)22-4)10-15(14)26-5/h6,8-10H,1,7H2,2-5H3,(H,22,25)(H,23,24)/b17-13-. The van der Waals surface area contributed by atoms with Crippen LogP contribution in [0.2, 0.25) is 0 Å². The highest BCUT2D eigenvalue weighted by atomic mass is 19.4. The van der Waals surface area contributed by atoms with Crippen molar-refractivity contribution in [2.45, 2.75) is 20.0 Å². The van der Waals surface area contributed by atoms with Gasteiger partial charge in [0.25, 0.3) is 5.91 Å². The first kappa shape index (κ1) is 22.1. The lowest BCUT2D eigenvalue weighted by Gasteiger charge is -2.15. The Hall–Kier alpha value is -2.97. The van der Waals surface area contributed by atoms with Crippen molar-refractivity contribution >= 4 is 17.4 Å². The van der Waals surface area contributed by atoms with Crippen molar-refractivity contribution < 1.29 is 27.4 Å². The molecule has 0 heterocycles. The number of hydrogen-bond donors (Lipinski definition) is 2. The van der Waals surface area contributed by atoms with Gasteiger partial charge in [-0.25, -0.2) is 4.99 Å². The number of anilines is 1. The zero-order valence-corrected chi connectivity index (χ0v) is 15.5. The maximum absolute atomic E-state index is 13.1. The topological polar surface area (TPSA) is 72.0 Å². The molecule has 0 saturated heterocycles. The van der Waals surface area contributed by atoms with E-state index in [2.05, 4.69) is 22.2 Å². The SMILES string of the molecule is C=C/C(=C(\N=C(/C)Nc1ccc(C(=O)NC)cc1OC)OCC)C(F)(F)F. The molecule has 0 radical (unpaired) electrons. The molecule has 0 bridgehead atoms. The molecule has 148 valence electrons. The smallest absolute Gasteiger partial charge is 0.421 e. The minimum atomic E-state index is -4.65. The van der Waals surface area contributed by atoms with Crippen molar-refractivity contribution in [3.05, 3.63) is 47.9 Å². The summed E-state index contributed by atoms with van der Waals surface area (Å²) in [5.74, 6) is -0.432. The van der Waals surface area contributed by atoms with E-state index >= 15 is 0 Å². The van der Waals surface area contributed by atoms with Crippen molar-refractivity contribution in [1.82, 2.24) is 5.32 Å². The molecule has 6 nitrogen and oxygen atoms in total. The van der Waals surface area contributed by atoms with Crippen LogP contribution in [0.1, 0.15) is 24.2 Å². The molecular weight excluding hydrogens is 363 g/mol. The predicted molar refractivity (Wildman–Crippen MR) is 98.0 cm³/mol. The second kappa shape index (κ2) is 9.65. The maximum atomic E-state index is 13.1. The molecule has 0 spiro atoms. The molecule has 0 aliphatic heterocycles. The fourth-order valence-corrected chi connectivity index (χ4v) is 2.09. The van der Waals surface area contributed by atoms with Crippen LogP contribution < -0.4 is 15.4 Å². The molecule has 0 atom stereocenters. The highest BCUT2D eigenvalue weighted by Crippen LogP contribution is 2.30. The second-order valence-corrected chi connectivity index (χ2v) is 5.17. The van der Waals surface area contributed by atoms with E-state index in [1.807, 2.05) is 0 Å². The lowest BCUT2D eigenvalue weighted by atomic mass is 10.1. The number of nitrogens with one attached hydrogen (secondary N) is 2. The number of allylic oxidation sites excluding steroid dienone is 2.